The second kappa shape index (κ2) is 47.8. The van der Waals surface area contributed by atoms with Crippen molar-refractivity contribution < 1.29 is 0 Å². The molecule has 9 aromatic carbocycles. The summed E-state index contributed by atoms with van der Waals surface area (Å²) in [6.45, 7) is 64.3. The van der Waals surface area contributed by atoms with Crippen molar-refractivity contribution in [3.8, 4) is 121 Å². The van der Waals surface area contributed by atoms with Crippen molar-refractivity contribution in [3.05, 3.63) is 300 Å². The molecule has 0 aliphatic carbocycles. The topological polar surface area (TPSA) is 476 Å². The monoisotopic (exact) mass is 1680 g/mol. The van der Waals surface area contributed by atoms with Gasteiger partial charge in [0, 0.05) is 0 Å². The Kier molecular flexibility index (Phi) is 40.7. The summed E-state index contributed by atoms with van der Waals surface area (Å²) < 4.78 is 0. The lowest BCUT2D eigenvalue weighted by Crippen LogP contribution is -2.01. The second-order valence-electron chi connectivity index (χ2n) is 31.0. The molecule has 0 saturated carbocycles. The van der Waals surface area contributed by atoms with Gasteiger partial charge in [0.2, 0.25) is 0 Å². The average Bonchev–Trinajstić information content (AvgIpc) is 0.734. The van der Waals surface area contributed by atoms with Crippen molar-refractivity contribution in [3.63, 3.8) is 0 Å². The van der Waals surface area contributed by atoms with Crippen LogP contribution in [0.15, 0.2) is 0 Å². The fourth-order valence-corrected chi connectivity index (χ4v) is 14.6. The first-order chi connectivity index (χ1) is 59.9. The largest absolute Gasteiger partial charge is 0.192 e. The minimum absolute atomic E-state index is 0.317. The third kappa shape index (κ3) is 22.2. The molecule has 0 atom stereocenters. The van der Waals surface area contributed by atoms with Gasteiger partial charge in [-0.1, -0.05) is 0 Å². The minimum atomic E-state index is 0.317. The molecule has 0 saturated heterocycles. The van der Waals surface area contributed by atoms with Gasteiger partial charge in [-0.2, -0.15) is 105 Å². The number of rotatable bonds is 0. The maximum absolute atomic E-state index is 8.98. The summed E-state index contributed by atoms with van der Waals surface area (Å²) >= 11 is 0. The molecular formula is C108H102N20. The number of benzene rings is 9. The number of hydrogen-bond donors (Lipinski definition) is 0. The molecule has 128 heavy (non-hydrogen) atoms. The van der Waals surface area contributed by atoms with Crippen LogP contribution < -0.4 is 0 Å². The van der Waals surface area contributed by atoms with E-state index in [9.17, 15) is 0 Å². The van der Waals surface area contributed by atoms with Gasteiger partial charge in [0.25, 0.3) is 0 Å². The molecule has 0 radical (unpaired) electrons. The van der Waals surface area contributed by atoms with E-state index in [1.54, 1.807) is 41.5 Å². The summed E-state index contributed by atoms with van der Waals surface area (Å²) in [6, 6.07) is 41.9. The van der Waals surface area contributed by atoms with Gasteiger partial charge in [-0.05, 0) is 425 Å². The molecule has 20 nitrogen and oxygen atoms in total. The molecule has 0 N–H and O–H groups in total. The quantitative estimate of drug-likeness (QED) is 0.136. The number of nitrogens with zero attached hydrogens (tertiary/aromatic N) is 20. The molecular weight excluding hydrogens is 1580 g/mol. The fourth-order valence-electron chi connectivity index (χ4n) is 14.6. The third-order valence-corrected chi connectivity index (χ3v) is 25.5. The van der Waals surface area contributed by atoms with E-state index < -0.39 is 0 Å². The Bertz CT molecular complexity index is 6180. The summed E-state index contributed by atoms with van der Waals surface area (Å²) in [6.07, 6.45) is 0. The highest BCUT2D eigenvalue weighted by Crippen LogP contribution is 2.34. The van der Waals surface area contributed by atoms with Crippen LogP contribution in [0, 0.1) is 462 Å². The molecule has 0 aliphatic rings. The van der Waals surface area contributed by atoms with Gasteiger partial charge >= 0.3 is 0 Å². The third-order valence-electron chi connectivity index (χ3n) is 25.5. The number of nitriles is 20. The molecule has 0 aromatic heterocycles. The maximum atomic E-state index is 8.98. The Morgan fingerprint density at radius 3 is 0.211 bits per heavy atom. The zero-order valence-corrected chi connectivity index (χ0v) is 79.9. The van der Waals surface area contributed by atoms with Crippen molar-refractivity contribution in [2.24, 2.45) is 0 Å². The van der Waals surface area contributed by atoms with Crippen LogP contribution >= 0.6 is 0 Å². The molecule has 0 fully saturated rings. The molecule has 0 amide bonds. The predicted molar refractivity (Wildman–Crippen MR) is 493 cm³/mol. The molecule has 0 aliphatic heterocycles. The molecule has 0 heterocycles. The summed E-state index contributed by atoms with van der Waals surface area (Å²) in [5, 5.41) is 179. The maximum Gasteiger partial charge on any atom is 0.101 e. The SMILES string of the molecule is Cc1c(C)c(C#N)c(C#N)c(C)c1C#N.Cc1c(C)c(C#N)c(C#N)c(C)c1C#N.Cc1c(C)c(C#N)c(C)c(C#N)c1C.Cc1c(C)c(C#N)c(C)c(C#N)c1C.Cc1c(C)c(C#N)c(C)c(C)c1C#N.Cc1c(C)c(C)c(C#N)c(C#N)c1C.Cc1c(C)c(C)c(C#N)c(C#N)c1C.Cc1c(C)c(C)c(C#N)c(C#N)c1C.Cc1c(C)c(C)c(C#N)c(C#N)c1C. The molecule has 20 heteroatoms. The lowest BCUT2D eigenvalue weighted by Gasteiger charge is -2.12. The van der Waals surface area contributed by atoms with Crippen LogP contribution in [0.2, 0.25) is 0 Å². The zero-order chi connectivity index (χ0) is 99.3. The molecule has 0 spiro atoms. The van der Waals surface area contributed by atoms with Gasteiger partial charge in [0.05, 0.1) is 160 Å². The smallest absolute Gasteiger partial charge is 0.101 e. The summed E-state index contributed by atoms with van der Waals surface area (Å²) in [7, 11) is 0. The molecule has 634 valence electrons. The molecule has 0 unspecified atom stereocenters. The average molecular weight is 1680 g/mol. The fraction of sp³-hybridized carbons (Fsp3) is 0.315. The van der Waals surface area contributed by atoms with E-state index in [4.69, 9.17) is 105 Å². The highest BCUT2D eigenvalue weighted by atomic mass is 14.4. The lowest BCUT2D eigenvalue weighted by atomic mass is 9.90. The van der Waals surface area contributed by atoms with E-state index in [1.165, 1.54) is 0 Å². The first-order valence-electron chi connectivity index (χ1n) is 40.0. The summed E-state index contributed by atoms with van der Waals surface area (Å²) in [5.74, 6) is 0. The van der Waals surface area contributed by atoms with E-state index in [-0.39, 0.29) is 0 Å². The van der Waals surface area contributed by atoms with Crippen LogP contribution in [-0.4, -0.2) is 0 Å². The zero-order valence-electron chi connectivity index (χ0n) is 79.9. The summed E-state index contributed by atoms with van der Waals surface area (Å²) in [5.41, 5.74) is 42.4. The van der Waals surface area contributed by atoms with E-state index >= 15 is 0 Å². The van der Waals surface area contributed by atoms with E-state index in [0.29, 0.717) is 122 Å². The van der Waals surface area contributed by atoms with Gasteiger partial charge in [0.1, 0.15) is 72.8 Å². The highest BCUT2D eigenvalue weighted by molar-refractivity contribution is 5.68. The van der Waals surface area contributed by atoms with Crippen molar-refractivity contribution in [2.45, 2.75) is 235 Å². The molecule has 0 bridgehead atoms. The molecule has 9 rings (SSSR count). The minimum Gasteiger partial charge on any atom is -0.192 e. The normalized spacial score (nSPS) is 9.17. The van der Waals surface area contributed by atoms with Crippen molar-refractivity contribution >= 4 is 0 Å². The van der Waals surface area contributed by atoms with E-state index in [1.807, 2.05) is 218 Å². The van der Waals surface area contributed by atoms with Crippen molar-refractivity contribution in [1.29, 1.82) is 105 Å². The lowest BCUT2D eigenvalue weighted by molar-refractivity contribution is 1.18. The second-order valence-corrected chi connectivity index (χ2v) is 31.0. The van der Waals surface area contributed by atoms with Gasteiger partial charge in [-0.15, -0.1) is 0 Å². The van der Waals surface area contributed by atoms with Crippen LogP contribution in [0.4, 0.5) is 0 Å². The standard InChI is InChI=1S/2C12H9N3.7C12H12N2/c2*1-7-8(2)11(5-14)12(6-15)9(3)10(7)4-13;1-7-8(2)12(6-14)10(4)9(3)11(7)5-13;2*1-7-8(2)11(5-13)10(4)12(6-14)9(7)3;4*1-7-8(2)10(4)12(6-14)11(5-13)9(7)3/h2*1-3H3;7*1-4H3. The Morgan fingerprint density at radius 2 is 0.117 bits per heavy atom. The van der Waals surface area contributed by atoms with Crippen LogP contribution in [0.25, 0.3) is 0 Å². The summed E-state index contributed by atoms with van der Waals surface area (Å²) in [4.78, 5) is 0. The van der Waals surface area contributed by atoms with Gasteiger partial charge in [-0.25, -0.2) is 0 Å². The predicted octanol–water partition coefficient (Wildman–Crippen LogP) is 23.1. The number of hydrogen-bond acceptors (Lipinski definition) is 20. The van der Waals surface area contributed by atoms with Gasteiger partial charge in [-0.3, -0.25) is 0 Å². The Hall–Kier alpha value is -17.2. The van der Waals surface area contributed by atoms with Crippen LogP contribution in [-0.2, 0) is 0 Å². The Balaban J connectivity index is 0.000000720. The van der Waals surface area contributed by atoms with E-state index in [0.717, 1.165) is 178 Å². The Morgan fingerprint density at radius 1 is 0.0703 bits per heavy atom. The van der Waals surface area contributed by atoms with Crippen LogP contribution in [0.5, 0.6) is 0 Å². The van der Waals surface area contributed by atoms with Gasteiger partial charge < -0.3 is 0 Å². The van der Waals surface area contributed by atoms with Crippen molar-refractivity contribution in [2.75, 3.05) is 0 Å². The van der Waals surface area contributed by atoms with Crippen LogP contribution in [0.3, 0.4) is 0 Å². The first-order valence-corrected chi connectivity index (χ1v) is 40.0. The first kappa shape index (κ1) is 109. The highest BCUT2D eigenvalue weighted by Gasteiger charge is 2.23. The molecule has 9 aromatic rings. The van der Waals surface area contributed by atoms with Gasteiger partial charge in [0.15, 0.2) is 0 Å². The Labute approximate surface area is 757 Å². The van der Waals surface area contributed by atoms with Crippen molar-refractivity contribution in [1.82, 2.24) is 0 Å². The van der Waals surface area contributed by atoms with Crippen LogP contribution in [0.1, 0.15) is 300 Å². The van der Waals surface area contributed by atoms with E-state index in [2.05, 4.69) is 97.1 Å².